The van der Waals surface area contributed by atoms with E-state index >= 15 is 0 Å². The summed E-state index contributed by atoms with van der Waals surface area (Å²) in [5.74, 6) is -4.26. The summed E-state index contributed by atoms with van der Waals surface area (Å²) in [7, 11) is -3.97. The number of sulfone groups is 1. The van der Waals surface area contributed by atoms with E-state index in [0.717, 1.165) is 0 Å². The fraction of sp³-hybridized carbons (Fsp3) is 0.273. The number of carbonyl (C=O) groups is 2. The molecule has 1 amide bonds. The van der Waals surface area contributed by atoms with Crippen LogP contribution in [0.4, 0.5) is 0 Å². The Morgan fingerprint density at radius 3 is 2.40 bits per heavy atom. The van der Waals surface area contributed by atoms with Crippen LogP contribution in [0.5, 0.6) is 0 Å². The molecule has 1 aromatic carbocycles. The van der Waals surface area contributed by atoms with Gasteiger partial charge in [0.1, 0.15) is 11.5 Å². The van der Waals surface area contributed by atoms with E-state index in [1.54, 1.807) is 12.1 Å². The second kappa shape index (κ2) is 6.92. The Morgan fingerprint density at radius 1 is 1.20 bits per heavy atom. The third kappa shape index (κ3) is 5.77. The second-order valence-electron chi connectivity index (χ2n) is 3.94. The zero-order valence-electron chi connectivity index (χ0n) is 10.1. The molecule has 0 unspecified atom stereocenters. The number of hydrogen-bond donors (Lipinski definition) is 2. The van der Waals surface area contributed by atoms with E-state index in [2.05, 4.69) is 5.32 Å². The van der Waals surface area contributed by atoms with Crippen molar-refractivity contribution in [3.63, 3.8) is 0 Å². The highest BCUT2D eigenvalue weighted by atomic mass is 35.5. The molecule has 2 N–H and O–H groups in total. The molecule has 0 aliphatic rings. The van der Waals surface area contributed by atoms with Crippen LogP contribution in [0, 0.1) is 0 Å². The van der Waals surface area contributed by atoms with Crippen molar-refractivity contribution in [3.8, 4) is 0 Å². The number of aliphatic carboxylic acids is 1. The summed E-state index contributed by atoms with van der Waals surface area (Å²) in [5.41, 5.74) is 0.569. The van der Waals surface area contributed by atoms with Crippen LogP contribution in [0.2, 0.25) is 10.0 Å². The standard InChI is InChI=1S/C11H11Cl2NO5S/c12-8-2-1-7(9(13)3-8)4-14-10(15)5-20(18,19)6-11(16)17/h1-3H,4-6H2,(H,14,15)(H,16,17). The maximum Gasteiger partial charge on any atom is 0.318 e. The van der Waals surface area contributed by atoms with Crippen LogP contribution < -0.4 is 5.32 Å². The van der Waals surface area contributed by atoms with Crippen molar-refractivity contribution in [2.45, 2.75) is 6.54 Å². The van der Waals surface area contributed by atoms with Crippen LogP contribution in [0.25, 0.3) is 0 Å². The van der Waals surface area contributed by atoms with E-state index in [1.165, 1.54) is 6.07 Å². The number of hydrogen-bond acceptors (Lipinski definition) is 4. The normalized spacial score (nSPS) is 11.1. The lowest BCUT2D eigenvalue weighted by Crippen LogP contribution is -2.32. The lowest BCUT2D eigenvalue weighted by molar-refractivity contribution is -0.134. The molecule has 0 saturated heterocycles. The average molecular weight is 340 g/mol. The Kier molecular flexibility index (Phi) is 5.79. The summed E-state index contributed by atoms with van der Waals surface area (Å²) in [5, 5.41) is 11.5. The number of rotatable bonds is 6. The first-order valence-electron chi connectivity index (χ1n) is 5.32. The summed E-state index contributed by atoms with van der Waals surface area (Å²) in [4.78, 5) is 21.8. The van der Waals surface area contributed by atoms with Gasteiger partial charge >= 0.3 is 5.97 Å². The molecular weight excluding hydrogens is 329 g/mol. The molecule has 1 rings (SSSR count). The Labute approximate surface area is 125 Å². The molecular formula is C11H11Cl2NO5S. The molecule has 0 radical (unpaired) electrons. The van der Waals surface area contributed by atoms with E-state index in [1.807, 2.05) is 0 Å². The number of carboxylic acids is 1. The second-order valence-corrected chi connectivity index (χ2v) is 6.85. The Morgan fingerprint density at radius 2 is 1.85 bits per heavy atom. The molecule has 1 aromatic rings. The van der Waals surface area contributed by atoms with Crippen LogP contribution in [0.3, 0.4) is 0 Å². The van der Waals surface area contributed by atoms with Gasteiger partial charge in [0.05, 0.1) is 0 Å². The molecule has 0 spiro atoms. The number of benzene rings is 1. The van der Waals surface area contributed by atoms with Gasteiger partial charge in [-0.15, -0.1) is 0 Å². The topological polar surface area (TPSA) is 101 Å². The molecule has 9 heteroatoms. The minimum Gasteiger partial charge on any atom is -0.480 e. The molecule has 0 heterocycles. The van der Waals surface area contributed by atoms with Crippen LogP contribution in [0.15, 0.2) is 18.2 Å². The number of carboxylic acid groups (broad SMARTS) is 1. The zero-order chi connectivity index (χ0) is 15.3. The molecule has 0 aliphatic heterocycles. The van der Waals surface area contributed by atoms with Gasteiger partial charge in [0.25, 0.3) is 0 Å². The molecule has 6 nitrogen and oxygen atoms in total. The number of amides is 1. The van der Waals surface area contributed by atoms with E-state index < -0.39 is 33.2 Å². The van der Waals surface area contributed by atoms with Gasteiger partial charge in [0.2, 0.25) is 5.91 Å². The van der Waals surface area contributed by atoms with Crippen LogP contribution in [-0.2, 0) is 26.0 Å². The Bertz CT molecular complexity index is 630. The highest BCUT2D eigenvalue weighted by Crippen LogP contribution is 2.20. The summed E-state index contributed by atoms with van der Waals surface area (Å²) >= 11 is 11.6. The summed E-state index contributed by atoms with van der Waals surface area (Å²) < 4.78 is 22.6. The first kappa shape index (κ1) is 16.7. The minimum absolute atomic E-state index is 0.0252. The highest BCUT2D eigenvalue weighted by molar-refractivity contribution is 7.92. The van der Waals surface area contributed by atoms with Crippen molar-refractivity contribution in [1.29, 1.82) is 0 Å². The smallest absolute Gasteiger partial charge is 0.318 e. The summed E-state index contributed by atoms with van der Waals surface area (Å²) in [6.45, 7) is 0.0252. The molecule has 0 bridgehead atoms. The van der Waals surface area contributed by atoms with Gasteiger partial charge in [-0.3, -0.25) is 9.59 Å². The van der Waals surface area contributed by atoms with Crippen molar-refractivity contribution in [2.24, 2.45) is 0 Å². The van der Waals surface area contributed by atoms with Crippen molar-refractivity contribution in [3.05, 3.63) is 33.8 Å². The van der Waals surface area contributed by atoms with Crippen molar-refractivity contribution < 1.29 is 23.1 Å². The lowest BCUT2D eigenvalue weighted by atomic mass is 10.2. The first-order chi connectivity index (χ1) is 9.19. The van der Waals surface area contributed by atoms with Gasteiger partial charge < -0.3 is 10.4 Å². The van der Waals surface area contributed by atoms with Gasteiger partial charge in [-0.2, -0.15) is 0 Å². The Balaban J connectivity index is 2.58. The fourth-order valence-corrected chi connectivity index (χ4v) is 2.80. The number of halogens is 2. The van der Waals surface area contributed by atoms with Crippen molar-refractivity contribution in [2.75, 3.05) is 11.5 Å². The average Bonchev–Trinajstić information content (AvgIpc) is 2.24. The first-order valence-corrected chi connectivity index (χ1v) is 7.90. The maximum atomic E-state index is 11.4. The number of carbonyl (C=O) groups excluding carboxylic acids is 1. The largest absolute Gasteiger partial charge is 0.480 e. The van der Waals surface area contributed by atoms with Crippen LogP contribution in [0.1, 0.15) is 5.56 Å². The Hall–Kier alpha value is -1.31. The van der Waals surface area contributed by atoms with Gasteiger partial charge in [-0.1, -0.05) is 29.3 Å². The maximum absolute atomic E-state index is 11.4. The van der Waals surface area contributed by atoms with Gasteiger partial charge in [0.15, 0.2) is 9.84 Å². The van der Waals surface area contributed by atoms with Gasteiger partial charge in [0, 0.05) is 16.6 Å². The molecule has 0 aliphatic carbocycles. The third-order valence-electron chi connectivity index (χ3n) is 2.19. The van der Waals surface area contributed by atoms with E-state index in [-0.39, 0.29) is 6.54 Å². The number of nitrogens with one attached hydrogen (secondary N) is 1. The van der Waals surface area contributed by atoms with Crippen LogP contribution >= 0.6 is 23.2 Å². The SMILES string of the molecule is O=C(O)CS(=O)(=O)CC(=O)NCc1ccc(Cl)cc1Cl. The van der Waals surface area contributed by atoms with Crippen LogP contribution in [-0.4, -0.2) is 36.9 Å². The lowest BCUT2D eigenvalue weighted by Gasteiger charge is -2.07. The summed E-state index contributed by atoms with van der Waals surface area (Å²) in [6, 6.07) is 4.67. The van der Waals surface area contributed by atoms with Crippen molar-refractivity contribution in [1.82, 2.24) is 5.32 Å². The van der Waals surface area contributed by atoms with E-state index in [0.29, 0.717) is 15.6 Å². The van der Waals surface area contributed by atoms with E-state index in [4.69, 9.17) is 28.3 Å². The predicted molar refractivity (Wildman–Crippen MR) is 74.6 cm³/mol. The zero-order valence-corrected chi connectivity index (χ0v) is 12.4. The molecule has 20 heavy (non-hydrogen) atoms. The molecule has 0 aromatic heterocycles. The quantitative estimate of drug-likeness (QED) is 0.808. The predicted octanol–water partition coefficient (Wildman–Crippen LogP) is 1.11. The van der Waals surface area contributed by atoms with Gasteiger partial charge in [-0.25, -0.2) is 8.42 Å². The third-order valence-corrected chi connectivity index (χ3v) is 4.16. The molecule has 0 saturated carbocycles. The monoisotopic (exact) mass is 339 g/mol. The van der Waals surface area contributed by atoms with Crippen molar-refractivity contribution >= 4 is 44.9 Å². The highest BCUT2D eigenvalue weighted by Gasteiger charge is 2.20. The minimum atomic E-state index is -3.97. The molecule has 110 valence electrons. The fourth-order valence-electron chi connectivity index (χ4n) is 1.35. The molecule has 0 atom stereocenters. The molecule has 0 fully saturated rings. The van der Waals surface area contributed by atoms with Gasteiger partial charge in [-0.05, 0) is 17.7 Å². The summed E-state index contributed by atoms with van der Waals surface area (Å²) in [6.07, 6.45) is 0. The van der Waals surface area contributed by atoms with E-state index in [9.17, 15) is 18.0 Å².